The van der Waals surface area contributed by atoms with Gasteiger partial charge in [0.1, 0.15) is 11.6 Å². The van der Waals surface area contributed by atoms with Crippen molar-refractivity contribution < 1.29 is 12.8 Å². The van der Waals surface area contributed by atoms with Crippen LogP contribution in [0.5, 0.6) is 0 Å². The smallest absolute Gasteiger partial charge is 0.229 e. The quantitative estimate of drug-likeness (QED) is 0.382. The molecule has 3 aromatic carbocycles. The third-order valence-corrected chi connectivity index (χ3v) is 7.95. The number of nitrogens with zero attached hydrogens (tertiary/aromatic N) is 6. The fourth-order valence-corrected chi connectivity index (χ4v) is 5.74. The maximum atomic E-state index is 13.4. The van der Waals surface area contributed by atoms with Crippen molar-refractivity contribution in [3.05, 3.63) is 84.7 Å². The summed E-state index contributed by atoms with van der Waals surface area (Å²) < 4.78 is 41.5. The van der Waals surface area contributed by atoms with E-state index >= 15 is 0 Å². The van der Waals surface area contributed by atoms with Crippen molar-refractivity contribution in [1.29, 1.82) is 0 Å². The zero-order chi connectivity index (χ0) is 24.0. The lowest BCUT2D eigenvalue weighted by atomic mass is 10.2. The Labute approximate surface area is 201 Å². The van der Waals surface area contributed by atoms with Crippen LogP contribution in [-0.4, -0.2) is 54.4 Å². The molecular weight excluding hydrogens is 467 g/mol. The minimum absolute atomic E-state index is 0.145. The summed E-state index contributed by atoms with van der Waals surface area (Å²) in [5, 5.41) is 8.89. The molecule has 0 spiro atoms. The van der Waals surface area contributed by atoms with Crippen molar-refractivity contribution in [3.8, 4) is 0 Å². The van der Waals surface area contributed by atoms with Crippen LogP contribution in [0.15, 0.2) is 88.8 Å². The van der Waals surface area contributed by atoms with Gasteiger partial charge in [0.2, 0.25) is 14.9 Å². The third-order valence-electron chi connectivity index (χ3n) is 6.28. The molecule has 0 atom stereocenters. The number of anilines is 2. The van der Waals surface area contributed by atoms with Crippen LogP contribution in [0.25, 0.3) is 16.6 Å². The van der Waals surface area contributed by atoms with Crippen LogP contribution in [0.1, 0.15) is 0 Å². The zero-order valence-corrected chi connectivity index (χ0v) is 19.4. The molecule has 0 bridgehead atoms. The highest BCUT2D eigenvalue weighted by Crippen LogP contribution is 2.30. The summed E-state index contributed by atoms with van der Waals surface area (Å²) in [5.41, 5.74) is 1.90. The SMILES string of the molecule is O=S(=O)(c1ccccc1)c1nnn2c1nc(N1CCN(c3ccc(F)cc3)CC1)c1ccccc12. The highest BCUT2D eigenvalue weighted by molar-refractivity contribution is 7.91. The van der Waals surface area contributed by atoms with Crippen LogP contribution >= 0.6 is 0 Å². The highest BCUT2D eigenvalue weighted by atomic mass is 32.2. The van der Waals surface area contributed by atoms with E-state index in [2.05, 4.69) is 20.1 Å². The third kappa shape index (κ3) is 3.66. The molecular formula is C25H21FN6O2S. The molecule has 0 N–H and O–H groups in total. The summed E-state index contributed by atoms with van der Waals surface area (Å²) in [4.78, 5) is 9.29. The van der Waals surface area contributed by atoms with E-state index in [0.717, 1.165) is 29.7 Å². The van der Waals surface area contributed by atoms with Gasteiger partial charge in [-0.15, -0.1) is 5.10 Å². The molecule has 35 heavy (non-hydrogen) atoms. The molecule has 0 aliphatic carbocycles. The Morgan fingerprint density at radius 2 is 1.43 bits per heavy atom. The first-order valence-electron chi connectivity index (χ1n) is 11.2. The van der Waals surface area contributed by atoms with E-state index in [0.29, 0.717) is 18.9 Å². The number of fused-ring (bicyclic) bond motifs is 3. The molecule has 6 rings (SSSR count). The van der Waals surface area contributed by atoms with Crippen molar-refractivity contribution in [2.45, 2.75) is 9.92 Å². The molecule has 1 fully saturated rings. The molecule has 0 saturated carbocycles. The topological polar surface area (TPSA) is 83.7 Å². The van der Waals surface area contributed by atoms with Crippen LogP contribution < -0.4 is 9.80 Å². The van der Waals surface area contributed by atoms with Gasteiger partial charge in [-0.05, 0) is 48.5 Å². The average Bonchev–Trinajstić information content (AvgIpc) is 3.35. The number of benzene rings is 3. The van der Waals surface area contributed by atoms with Gasteiger partial charge in [-0.2, -0.15) is 4.52 Å². The van der Waals surface area contributed by atoms with Crippen LogP contribution in [-0.2, 0) is 9.84 Å². The van der Waals surface area contributed by atoms with Gasteiger partial charge in [-0.1, -0.05) is 35.5 Å². The maximum absolute atomic E-state index is 13.4. The maximum Gasteiger partial charge on any atom is 0.229 e. The Bertz CT molecular complexity index is 1630. The minimum atomic E-state index is -3.90. The molecule has 0 amide bonds. The zero-order valence-electron chi connectivity index (χ0n) is 18.6. The lowest BCUT2D eigenvalue weighted by molar-refractivity contribution is 0.592. The summed E-state index contributed by atoms with van der Waals surface area (Å²) in [5.74, 6) is 0.436. The van der Waals surface area contributed by atoms with E-state index < -0.39 is 9.84 Å². The van der Waals surface area contributed by atoms with Gasteiger partial charge < -0.3 is 9.80 Å². The predicted octanol–water partition coefficient (Wildman–Crippen LogP) is 3.58. The van der Waals surface area contributed by atoms with Crippen molar-refractivity contribution in [2.75, 3.05) is 36.0 Å². The van der Waals surface area contributed by atoms with Gasteiger partial charge in [0, 0.05) is 37.3 Å². The molecule has 1 aliphatic heterocycles. The number of sulfone groups is 1. The van der Waals surface area contributed by atoms with E-state index in [1.165, 1.54) is 28.8 Å². The standard InChI is InChI=1S/C25H21FN6O2S/c26-18-10-12-19(13-11-18)30-14-16-31(17-15-30)23-21-8-4-5-9-22(21)32-24(27-23)25(28-29-32)35(33,34)20-6-2-1-3-7-20/h1-13H,14-17H2. The van der Waals surface area contributed by atoms with E-state index in [9.17, 15) is 12.8 Å². The van der Waals surface area contributed by atoms with Crippen molar-refractivity contribution in [3.63, 3.8) is 0 Å². The van der Waals surface area contributed by atoms with Gasteiger partial charge in [0.05, 0.1) is 10.4 Å². The Morgan fingerprint density at radius 3 is 2.17 bits per heavy atom. The van der Waals surface area contributed by atoms with Gasteiger partial charge in [0.25, 0.3) is 0 Å². The first kappa shape index (κ1) is 21.5. The molecule has 1 aliphatic rings. The van der Waals surface area contributed by atoms with Gasteiger partial charge >= 0.3 is 0 Å². The molecule has 8 nitrogen and oxygen atoms in total. The second-order valence-electron chi connectivity index (χ2n) is 8.35. The van der Waals surface area contributed by atoms with E-state index in [4.69, 9.17) is 4.98 Å². The number of hydrogen-bond donors (Lipinski definition) is 0. The summed E-state index contributed by atoms with van der Waals surface area (Å²) in [7, 11) is -3.90. The molecule has 10 heteroatoms. The van der Waals surface area contributed by atoms with E-state index in [-0.39, 0.29) is 21.4 Å². The molecule has 0 unspecified atom stereocenters. The largest absolute Gasteiger partial charge is 0.368 e. The second-order valence-corrected chi connectivity index (χ2v) is 10.2. The van der Waals surface area contributed by atoms with Gasteiger partial charge in [-0.25, -0.2) is 17.8 Å². The Hall–Kier alpha value is -4.05. The van der Waals surface area contributed by atoms with E-state index in [1.54, 1.807) is 30.3 Å². The highest BCUT2D eigenvalue weighted by Gasteiger charge is 2.28. The number of para-hydroxylation sites is 1. The first-order valence-corrected chi connectivity index (χ1v) is 12.7. The fraction of sp³-hybridized carbons (Fsp3) is 0.160. The normalized spacial score (nSPS) is 14.7. The van der Waals surface area contributed by atoms with Crippen molar-refractivity contribution >= 4 is 37.9 Å². The molecule has 5 aromatic rings. The summed E-state index contributed by atoms with van der Waals surface area (Å²) in [6.07, 6.45) is 0. The van der Waals surface area contributed by atoms with Crippen LogP contribution in [0, 0.1) is 5.82 Å². The average molecular weight is 489 g/mol. The van der Waals surface area contributed by atoms with Gasteiger partial charge in [-0.3, -0.25) is 0 Å². The molecule has 176 valence electrons. The molecule has 0 radical (unpaired) electrons. The summed E-state index contributed by atoms with van der Waals surface area (Å²) >= 11 is 0. The number of hydrogen-bond acceptors (Lipinski definition) is 7. The summed E-state index contributed by atoms with van der Waals surface area (Å²) in [6.45, 7) is 2.79. The second kappa shape index (κ2) is 8.31. The van der Waals surface area contributed by atoms with Crippen LogP contribution in [0.3, 0.4) is 0 Å². The summed E-state index contributed by atoms with van der Waals surface area (Å²) in [6, 6.07) is 22.3. The lowest BCUT2D eigenvalue weighted by Gasteiger charge is -2.37. The first-order chi connectivity index (χ1) is 17.0. The Kier molecular flexibility index (Phi) is 5.10. The molecule has 1 saturated heterocycles. The van der Waals surface area contributed by atoms with Crippen molar-refractivity contribution in [2.24, 2.45) is 0 Å². The number of halogens is 1. The van der Waals surface area contributed by atoms with Crippen LogP contribution in [0.4, 0.5) is 15.9 Å². The Balaban J connectivity index is 1.42. The van der Waals surface area contributed by atoms with Gasteiger partial charge in [0.15, 0.2) is 5.65 Å². The van der Waals surface area contributed by atoms with Crippen LogP contribution in [0.2, 0.25) is 0 Å². The van der Waals surface area contributed by atoms with Crippen molar-refractivity contribution in [1.82, 2.24) is 19.8 Å². The fourth-order valence-electron chi connectivity index (χ4n) is 4.48. The molecule has 3 heterocycles. The Morgan fingerprint density at radius 1 is 0.771 bits per heavy atom. The number of piperazine rings is 1. The predicted molar refractivity (Wildman–Crippen MR) is 131 cm³/mol. The monoisotopic (exact) mass is 488 g/mol. The number of aromatic nitrogens is 4. The number of rotatable bonds is 4. The molecule has 2 aromatic heterocycles. The van der Waals surface area contributed by atoms with E-state index in [1.807, 2.05) is 24.3 Å². The minimum Gasteiger partial charge on any atom is -0.368 e. The lowest BCUT2D eigenvalue weighted by Crippen LogP contribution is -2.47.